The van der Waals surface area contributed by atoms with Gasteiger partial charge in [-0.1, -0.05) is 0 Å². The number of nitrogens with one attached hydrogen (secondary N) is 1. The zero-order chi connectivity index (χ0) is 15.3. The normalized spacial score (nSPS) is 10.8. The van der Waals surface area contributed by atoms with Gasteiger partial charge < -0.3 is 9.47 Å². The summed E-state index contributed by atoms with van der Waals surface area (Å²) in [6.07, 6.45) is 0. The molecule has 0 bridgehead atoms. The third-order valence-electron chi connectivity index (χ3n) is 2.70. The summed E-state index contributed by atoms with van der Waals surface area (Å²) in [6.45, 7) is 3.18. The number of nitrogens with zero attached hydrogens (tertiary/aromatic N) is 1. The third-order valence-corrected chi connectivity index (χ3v) is 2.70. The van der Waals surface area contributed by atoms with Gasteiger partial charge in [0.05, 0.1) is 23.5 Å². The van der Waals surface area contributed by atoms with Crippen molar-refractivity contribution in [3.05, 3.63) is 28.3 Å². The lowest BCUT2D eigenvalue weighted by molar-refractivity contribution is -0.386. The van der Waals surface area contributed by atoms with Crippen molar-refractivity contribution in [3.63, 3.8) is 0 Å². The Morgan fingerprint density at radius 2 is 2.15 bits per heavy atom. The summed E-state index contributed by atoms with van der Waals surface area (Å²) in [6, 6.07) is 4.22. The Bertz CT molecular complexity index is 516. The van der Waals surface area contributed by atoms with Gasteiger partial charge in [-0.15, -0.1) is 0 Å². The number of benzene rings is 1. The van der Waals surface area contributed by atoms with Crippen molar-refractivity contribution in [1.29, 1.82) is 0 Å². The lowest BCUT2D eigenvalue weighted by atomic mass is 9.94. The van der Waals surface area contributed by atoms with Crippen LogP contribution in [0, 0.1) is 15.5 Å². The molecule has 3 N–H and O–H groups in total. The number of nitro groups is 1. The van der Waals surface area contributed by atoms with Gasteiger partial charge in [0.15, 0.2) is 5.75 Å². The van der Waals surface area contributed by atoms with Crippen LogP contribution in [0.4, 0.5) is 5.69 Å². The number of amides is 1. The molecule has 0 atom stereocenters. The fraction of sp³-hybridized carbons (Fsp3) is 0.417. The molecule has 0 fully saturated rings. The minimum Gasteiger partial charge on any atom is -0.496 e. The molecular formula is C12H17N3O5. The van der Waals surface area contributed by atoms with E-state index in [1.807, 2.05) is 5.43 Å². The number of nitro benzene ring substituents is 1. The first kappa shape index (κ1) is 15.7. The Morgan fingerprint density at radius 1 is 1.50 bits per heavy atom. The summed E-state index contributed by atoms with van der Waals surface area (Å²) in [4.78, 5) is 21.9. The van der Waals surface area contributed by atoms with E-state index in [1.54, 1.807) is 19.9 Å². The molecule has 8 nitrogen and oxygen atoms in total. The zero-order valence-electron chi connectivity index (χ0n) is 11.5. The number of carbonyl (C=O) groups excluding carboxylic acids is 1. The van der Waals surface area contributed by atoms with Crippen LogP contribution in [0.3, 0.4) is 0 Å². The first-order valence-electron chi connectivity index (χ1n) is 5.78. The molecule has 0 spiro atoms. The van der Waals surface area contributed by atoms with Crippen LogP contribution >= 0.6 is 0 Å². The fourth-order valence-corrected chi connectivity index (χ4v) is 1.41. The molecule has 20 heavy (non-hydrogen) atoms. The highest BCUT2D eigenvalue weighted by molar-refractivity contribution is 5.81. The molecule has 0 saturated heterocycles. The minimum atomic E-state index is -0.914. The van der Waals surface area contributed by atoms with E-state index < -0.39 is 16.2 Å². The molecule has 0 saturated carbocycles. The topological polar surface area (TPSA) is 117 Å². The van der Waals surface area contributed by atoms with Crippen molar-refractivity contribution in [1.82, 2.24) is 5.43 Å². The summed E-state index contributed by atoms with van der Waals surface area (Å²) in [5.74, 6) is 5.05. The number of nitrogens with two attached hydrogens (primary N) is 1. The maximum absolute atomic E-state index is 11.5. The van der Waals surface area contributed by atoms with E-state index in [-0.39, 0.29) is 18.0 Å². The molecule has 8 heteroatoms. The molecule has 0 unspecified atom stereocenters. The number of hydrazine groups is 1. The molecular weight excluding hydrogens is 266 g/mol. The molecule has 1 amide bonds. The second kappa shape index (κ2) is 6.20. The van der Waals surface area contributed by atoms with Gasteiger partial charge in [0.1, 0.15) is 12.4 Å². The monoisotopic (exact) mass is 283 g/mol. The molecule has 1 rings (SSSR count). The van der Waals surface area contributed by atoms with E-state index in [0.717, 1.165) is 0 Å². The first-order chi connectivity index (χ1) is 9.31. The Labute approximate surface area is 116 Å². The highest BCUT2D eigenvalue weighted by atomic mass is 16.6. The zero-order valence-corrected chi connectivity index (χ0v) is 11.5. The van der Waals surface area contributed by atoms with Crippen molar-refractivity contribution in [2.45, 2.75) is 13.8 Å². The summed E-state index contributed by atoms with van der Waals surface area (Å²) in [7, 11) is 1.41. The quantitative estimate of drug-likeness (QED) is 0.348. The molecule has 0 aromatic heterocycles. The first-order valence-corrected chi connectivity index (χ1v) is 5.78. The smallest absolute Gasteiger partial charge is 0.314 e. The van der Waals surface area contributed by atoms with Crippen molar-refractivity contribution < 1.29 is 19.2 Å². The Hall–Kier alpha value is -2.35. The third kappa shape index (κ3) is 3.58. The Balaban J connectivity index is 2.93. The van der Waals surface area contributed by atoms with Crippen LogP contribution in [-0.4, -0.2) is 24.5 Å². The number of rotatable bonds is 6. The van der Waals surface area contributed by atoms with E-state index in [1.165, 1.54) is 19.2 Å². The van der Waals surface area contributed by atoms with E-state index >= 15 is 0 Å². The van der Waals surface area contributed by atoms with Gasteiger partial charge in [-0.05, 0) is 26.0 Å². The maximum Gasteiger partial charge on any atom is 0.314 e. The van der Waals surface area contributed by atoms with Crippen molar-refractivity contribution in [3.8, 4) is 11.5 Å². The molecule has 1 aromatic carbocycles. The summed E-state index contributed by atoms with van der Waals surface area (Å²) in [5, 5.41) is 11.0. The van der Waals surface area contributed by atoms with Gasteiger partial charge in [-0.25, -0.2) is 5.84 Å². The average Bonchev–Trinajstić information content (AvgIpc) is 2.43. The average molecular weight is 283 g/mol. The van der Waals surface area contributed by atoms with E-state index in [2.05, 4.69) is 0 Å². The number of hydrogen-bond donors (Lipinski definition) is 2. The van der Waals surface area contributed by atoms with Gasteiger partial charge in [-0.2, -0.15) is 0 Å². The SMILES string of the molecule is COc1ccc(OCC(C)(C)C(=O)NN)c([N+](=O)[O-])c1. The molecule has 0 radical (unpaired) electrons. The van der Waals surface area contributed by atoms with Crippen LogP contribution in [-0.2, 0) is 4.79 Å². The van der Waals surface area contributed by atoms with Crippen LogP contribution in [0.5, 0.6) is 11.5 Å². The standard InChI is InChI=1S/C12H17N3O5/c1-12(2,11(16)14-13)7-20-10-5-4-8(19-3)6-9(10)15(17)18/h4-6H,7,13H2,1-3H3,(H,14,16). The van der Waals surface area contributed by atoms with Crippen molar-refractivity contribution >= 4 is 11.6 Å². The van der Waals surface area contributed by atoms with Gasteiger partial charge in [0.2, 0.25) is 5.91 Å². The summed E-state index contributed by atoms with van der Waals surface area (Å²) < 4.78 is 10.3. The highest BCUT2D eigenvalue weighted by Crippen LogP contribution is 2.32. The molecule has 0 aliphatic carbocycles. The summed E-state index contributed by atoms with van der Waals surface area (Å²) >= 11 is 0. The lowest BCUT2D eigenvalue weighted by Gasteiger charge is -2.22. The largest absolute Gasteiger partial charge is 0.496 e. The number of methoxy groups -OCH3 is 1. The molecule has 110 valence electrons. The number of carbonyl (C=O) groups is 1. The van der Waals surface area contributed by atoms with E-state index in [4.69, 9.17) is 15.3 Å². The molecule has 0 aliphatic rings. The molecule has 0 aliphatic heterocycles. The predicted molar refractivity (Wildman–Crippen MR) is 71.3 cm³/mol. The maximum atomic E-state index is 11.5. The highest BCUT2D eigenvalue weighted by Gasteiger charge is 2.29. The number of hydrogen-bond acceptors (Lipinski definition) is 6. The molecule has 0 heterocycles. The van der Waals surface area contributed by atoms with Gasteiger partial charge in [0.25, 0.3) is 0 Å². The second-order valence-corrected chi connectivity index (χ2v) is 4.74. The van der Waals surface area contributed by atoms with Crippen molar-refractivity contribution in [2.24, 2.45) is 11.3 Å². The van der Waals surface area contributed by atoms with Gasteiger partial charge >= 0.3 is 5.69 Å². The van der Waals surface area contributed by atoms with Crippen LogP contribution in [0.25, 0.3) is 0 Å². The minimum absolute atomic E-state index is 0.0524. The second-order valence-electron chi connectivity index (χ2n) is 4.74. The molecule has 1 aromatic rings. The van der Waals surface area contributed by atoms with Gasteiger partial charge in [0, 0.05) is 0 Å². The van der Waals surface area contributed by atoms with Crippen LogP contribution in [0.15, 0.2) is 18.2 Å². The predicted octanol–water partition coefficient (Wildman–Crippen LogP) is 0.998. The Kier molecular flexibility index (Phi) is 4.87. The van der Waals surface area contributed by atoms with Crippen LogP contribution in [0.1, 0.15) is 13.8 Å². The van der Waals surface area contributed by atoms with Crippen LogP contribution in [0.2, 0.25) is 0 Å². The number of ether oxygens (including phenoxy) is 2. The summed E-state index contributed by atoms with van der Waals surface area (Å²) in [5.41, 5.74) is 0.882. The van der Waals surface area contributed by atoms with Gasteiger partial charge in [-0.3, -0.25) is 20.3 Å². The fourth-order valence-electron chi connectivity index (χ4n) is 1.41. The lowest BCUT2D eigenvalue weighted by Crippen LogP contribution is -2.44. The Morgan fingerprint density at radius 3 is 2.65 bits per heavy atom. The van der Waals surface area contributed by atoms with Crippen LogP contribution < -0.4 is 20.7 Å². The van der Waals surface area contributed by atoms with E-state index in [9.17, 15) is 14.9 Å². The van der Waals surface area contributed by atoms with E-state index in [0.29, 0.717) is 5.75 Å². The van der Waals surface area contributed by atoms with Crippen molar-refractivity contribution in [2.75, 3.05) is 13.7 Å².